The second-order valence-corrected chi connectivity index (χ2v) is 5.77. The van der Waals surface area contributed by atoms with Crippen molar-refractivity contribution in [2.45, 2.75) is 26.3 Å². The molecular formula is C15H20N4O4. The predicted molar refractivity (Wildman–Crippen MR) is 83.9 cm³/mol. The van der Waals surface area contributed by atoms with Crippen LogP contribution in [0.15, 0.2) is 18.2 Å². The van der Waals surface area contributed by atoms with Gasteiger partial charge in [-0.1, -0.05) is 13.8 Å². The molecule has 23 heavy (non-hydrogen) atoms. The van der Waals surface area contributed by atoms with Crippen LogP contribution in [0, 0.1) is 5.92 Å². The lowest BCUT2D eigenvalue weighted by atomic mass is 10.0. The molecule has 0 bridgehead atoms. The number of esters is 1. The Hall–Kier alpha value is -2.61. The number of nitrogens with two attached hydrogens (primary N) is 2. The summed E-state index contributed by atoms with van der Waals surface area (Å²) in [6.07, 6.45) is 0.500. The van der Waals surface area contributed by atoms with Crippen LogP contribution in [-0.2, 0) is 4.79 Å². The maximum absolute atomic E-state index is 12.0. The fourth-order valence-corrected chi connectivity index (χ4v) is 2.31. The van der Waals surface area contributed by atoms with Crippen LogP contribution >= 0.6 is 0 Å². The molecule has 0 saturated carbocycles. The number of fused-ring (bicyclic) bond motifs is 1. The number of rotatable bonds is 4. The maximum atomic E-state index is 12.0. The van der Waals surface area contributed by atoms with Crippen LogP contribution < -0.4 is 26.4 Å². The average Bonchev–Trinajstić information content (AvgIpc) is 2.46. The third-order valence-corrected chi connectivity index (χ3v) is 3.41. The molecule has 1 aliphatic heterocycles. The molecule has 1 atom stereocenters. The van der Waals surface area contributed by atoms with E-state index in [0.29, 0.717) is 12.1 Å². The molecule has 1 heterocycles. The number of urea groups is 1. The van der Waals surface area contributed by atoms with Crippen LogP contribution in [0.3, 0.4) is 0 Å². The fraction of sp³-hybridized carbons (Fsp3) is 0.400. The van der Waals surface area contributed by atoms with Gasteiger partial charge in [0.2, 0.25) is 0 Å². The highest BCUT2D eigenvalue weighted by molar-refractivity contribution is 6.07. The van der Waals surface area contributed by atoms with Crippen LogP contribution in [0.5, 0.6) is 5.75 Å². The van der Waals surface area contributed by atoms with Crippen LogP contribution in [-0.4, -0.2) is 30.6 Å². The minimum Gasteiger partial charge on any atom is -0.425 e. The fourth-order valence-electron chi connectivity index (χ4n) is 2.31. The van der Waals surface area contributed by atoms with Gasteiger partial charge in [-0.15, -0.1) is 0 Å². The van der Waals surface area contributed by atoms with E-state index < -0.39 is 18.0 Å². The number of anilines is 1. The molecule has 3 amide bonds. The number of hydrogen-bond acceptors (Lipinski definition) is 5. The summed E-state index contributed by atoms with van der Waals surface area (Å²) in [5.41, 5.74) is 11.6. The molecular weight excluding hydrogens is 300 g/mol. The number of nitrogens with one attached hydrogen (secondary N) is 1. The normalized spacial score (nSPS) is 15.0. The second kappa shape index (κ2) is 6.66. The average molecular weight is 320 g/mol. The smallest absolute Gasteiger partial charge is 0.328 e. The Morgan fingerprint density at radius 3 is 2.70 bits per heavy atom. The lowest BCUT2D eigenvalue weighted by Crippen LogP contribution is -2.48. The van der Waals surface area contributed by atoms with Crippen LogP contribution in [0.1, 0.15) is 30.6 Å². The molecule has 0 aromatic heterocycles. The van der Waals surface area contributed by atoms with Gasteiger partial charge < -0.3 is 21.5 Å². The van der Waals surface area contributed by atoms with Crippen molar-refractivity contribution in [3.8, 4) is 5.75 Å². The largest absolute Gasteiger partial charge is 0.425 e. The van der Waals surface area contributed by atoms with E-state index >= 15 is 0 Å². The highest BCUT2D eigenvalue weighted by Gasteiger charge is 2.27. The van der Waals surface area contributed by atoms with E-state index in [9.17, 15) is 14.4 Å². The van der Waals surface area contributed by atoms with E-state index in [1.165, 1.54) is 23.1 Å². The minimum atomic E-state index is -0.735. The molecule has 8 heteroatoms. The molecule has 0 aliphatic carbocycles. The van der Waals surface area contributed by atoms with Crippen molar-refractivity contribution in [3.63, 3.8) is 0 Å². The molecule has 0 spiro atoms. The van der Waals surface area contributed by atoms with Gasteiger partial charge in [-0.3, -0.25) is 9.69 Å². The Kier molecular flexibility index (Phi) is 4.85. The van der Waals surface area contributed by atoms with Crippen molar-refractivity contribution >= 4 is 23.6 Å². The SMILES string of the molecule is CC(C)CC(N)C(=O)Oc1ccc2c(c1)N(C(N)=O)CNC2=O. The molecule has 1 aliphatic rings. The van der Waals surface area contributed by atoms with Crippen LogP contribution in [0.25, 0.3) is 0 Å². The zero-order valence-electron chi connectivity index (χ0n) is 13.0. The highest BCUT2D eigenvalue weighted by Crippen LogP contribution is 2.28. The molecule has 0 fully saturated rings. The van der Waals surface area contributed by atoms with Crippen LogP contribution in [0.4, 0.5) is 10.5 Å². The quantitative estimate of drug-likeness (QED) is 0.551. The molecule has 5 N–H and O–H groups in total. The van der Waals surface area contributed by atoms with Crippen molar-refractivity contribution < 1.29 is 19.1 Å². The lowest BCUT2D eigenvalue weighted by molar-refractivity contribution is -0.136. The van der Waals surface area contributed by atoms with Crippen LogP contribution in [0.2, 0.25) is 0 Å². The Morgan fingerprint density at radius 1 is 1.39 bits per heavy atom. The number of amides is 3. The van der Waals surface area contributed by atoms with E-state index in [1.54, 1.807) is 0 Å². The summed E-state index contributed by atoms with van der Waals surface area (Å²) in [4.78, 5) is 36.4. The first-order valence-corrected chi connectivity index (χ1v) is 7.26. The number of hydrogen-bond donors (Lipinski definition) is 3. The summed E-state index contributed by atoms with van der Waals surface area (Å²) in [7, 11) is 0. The van der Waals surface area contributed by atoms with Crippen molar-refractivity contribution in [2.24, 2.45) is 17.4 Å². The highest BCUT2D eigenvalue weighted by atomic mass is 16.5. The monoisotopic (exact) mass is 320 g/mol. The Balaban J connectivity index is 2.22. The molecule has 8 nitrogen and oxygen atoms in total. The molecule has 1 aromatic carbocycles. The minimum absolute atomic E-state index is 0.0363. The van der Waals surface area contributed by atoms with Crippen molar-refractivity contribution in [3.05, 3.63) is 23.8 Å². The number of primary amides is 1. The van der Waals surface area contributed by atoms with Gasteiger partial charge >= 0.3 is 12.0 Å². The number of nitrogens with zero attached hydrogens (tertiary/aromatic N) is 1. The maximum Gasteiger partial charge on any atom is 0.328 e. The van der Waals surface area contributed by atoms with E-state index in [1.807, 2.05) is 13.8 Å². The number of carbonyl (C=O) groups excluding carboxylic acids is 3. The molecule has 0 saturated heterocycles. The number of carbonyl (C=O) groups is 3. The summed E-state index contributed by atoms with van der Waals surface area (Å²) in [5, 5.41) is 2.53. The predicted octanol–water partition coefficient (Wildman–Crippen LogP) is 0.551. The molecule has 2 rings (SSSR count). The van der Waals surface area contributed by atoms with Gasteiger partial charge in [0, 0.05) is 6.07 Å². The van der Waals surface area contributed by atoms with Gasteiger partial charge in [-0.25, -0.2) is 9.59 Å². The zero-order chi connectivity index (χ0) is 17.1. The van der Waals surface area contributed by atoms with Gasteiger partial charge in [0.05, 0.1) is 17.9 Å². The Bertz CT molecular complexity index is 644. The number of ether oxygens (including phenoxy) is 1. The van der Waals surface area contributed by atoms with E-state index in [4.69, 9.17) is 16.2 Å². The molecule has 124 valence electrons. The Labute approximate surface area is 133 Å². The van der Waals surface area contributed by atoms with Gasteiger partial charge in [-0.05, 0) is 24.5 Å². The summed E-state index contributed by atoms with van der Waals surface area (Å²) in [6, 6.07) is 2.92. The van der Waals surface area contributed by atoms with E-state index in [-0.39, 0.29) is 29.8 Å². The molecule has 1 unspecified atom stereocenters. The second-order valence-electron chi connectivity index (χ2n) is 5.77. The number of benzene rings is 1. The topological polar surface area (TPSA) is 128 Å². The first-order valence-electron chi connectivity index (χ1n) is 7.26. The van der Waals surface area contributed by atoms with E-state index in [0.717, 1.165) is 0 Å². The van der Waals surface area contributed by atoms with Gasteiger partial charge in [0.25, 0.3) is 5.91 Å². The first kappa shape index (κ1) is 16.8. The third-order valence-electron chi connectivity index (χ3n) is 3.41. The summed E-state index contributed by atoms with van der Waals surface area (Å²) >= 11 is 0. The lowest BCUT2D eigenvalue weighted by Gasteiger charge is -2.28. The summed E-state index contributed by atoms with van der Waals surface area (Å²) in [6.45, 7) is 3.87. The summed E-state index contributed by atoms with van der Waals surface area (Å²) < 4.78 is 5.23. The molecule has 1 aromatic rings. The van der Waals surface area contributed by atoms with Crippen molar-refractivity contribution in [2.75, 3.05) is 11.6 Å². The van der Waals surface area contributed by atoms with Crippen molar-refractivity contribution in [1.29, 1.82) is 0 Å². The van der Waals surface area contributed by atoms with Crippen molar-refractivity contribution in [1.82, 2.24) is 5.32 Å². The zero-order valence-corrected chi connectivity index (χ0v) is 13.0. The van der Waals surface area contributed by atoms with Gasteiger partial charge in [0.1, 0.15) is 11.8 Å². The van der Waals surface area contributed by atoms with Gasteiger partial charge in [-0.2, -0.15) is 0 Å². The molecule has 0 radical (unpaired) electrons. The van der Waals surface area contributed by atoms with Gasteiger partial charge in [0.15, 0.2) is 0 Å². The third kappa shape index (κ3) is 3.78. The first-order chi connectivity index (χ1) is 10.8. The standard InChI is InChI=1S/C15H20N4O4/c1-8(2)5-11(16)14(21)23-9-3-4-10-12(6-9)19(15(17)22)7-18-13(10)20/h3-4,6,8,11H,5,7,16H2,1-2H3,(H2,17,22)(H,18,20). The Morgan fingerprint density at radius 2 is 2.09 bits per heavy atom. The summed E-state index contributed by atoms with van der Waals surface area (Å²) in [5.74, 6) is -0.430. The van der Waals surface area contributed by atoms with E-state index in [2.05, 4.69) is 5.32 Å².